The first-order chi connectivity index (χ1) is 9.07. The normalized spacial score (nSPS) is 42.8. The fraction of sp³-hybridized carbons (Fsp3) is 0.909. The summed E-state index contributed by atoms with van der Waals surface area (Å²) >= 11 is 0. The molecule has 22 heavy (non-hydrogen) atoms. The maximum absolute atomic E-state index is 4.30. The molecule has 0 N–H and O–H groups in total. The van der Waals surface area contributed by atoms with Gasteiger partial charge in [-0.3, -0.25) is 0 Å². The molecule has 3 aliphatic rings. The summed E-state index contributed by atoms with van der Waals surface area (Å²) in [5.41, 5.74) is 2.16. The van der Waals surface area contributed by atoms with Crippen LogP contribution in [0.4, 0.5) is 0 Å². The van der Waals surface area contributed by atoms with E-state index >= 15 is 0 Å². The van der Waals surface area contributed by atoms with Gasteiger partial charge in [-0.15, -0.1) is 0 Å². The number of hydrogen-bond acceptors (Lipinski definition) is 0. The zero-order valence-electron chi connectivity index (χ0n) is 13.3. The Hall–Kier alpha value is -0.260. The summed E-state index contributed by atoms with van der Waals surface area (Å²) in [6.45, 7) is 11.6. The molecule has 3 rings (SSSR count). The highest BCUT2D eigenvalue weighted by molar-refractivity contribution is 5.09. The molecule has 3 saturated carbocycles. The molecule has 6 atom stereocenters. The molecule has 0 heterocycles. The molecule has 0 aliphatic heterocycles. The minimum atomic E-state index is 0. The summed E-state index contributed by atoms with van der Waals surface area (Å²) in [7, 11) is 0. The largest absolute Gasteiger partial charge is 0.0999 e. The Morgan fingerprint density at radius 2 is 1.73 bits per heavy atom. The van der Waals surface area contributed by atoms with Crippen LogP contribution in [0, 0.1) is 35.0 Å². The molecule has 0 bridgehead atoms. The minimum absolute atomic E-state index is 0. The second-order valence-electron chi connectivity index (χ2n) is 8.14. The molecule has 6 unspecified atom stereocenters. The lowest BCUT2D eigenvalue weighted by atomic mass is 9.62. The van der Waals surface area contributed by atoms with E-state index in [1.165, 1.54) is 56.9 Å². The van der Waals surface area contributed by atoms with Gasteiger partial charge in [0.25, 0.3) is 0 Å². The lowest BCUT2D eigenvalue weighted by molar-refractivity contribution is 0.0867. The average Bonchev–Trinajstić information content (AvgIpc) is 2.69. The second-order valence-corrected chi connectivity index (χ2v) is 8.14. The fourth-order valence-electron chi connectivity index (χ4n) is 6.37. The van der Waals surface area contributed by atoms with Crippen molar-refractivity contribution < 1.29 is 0 Å². The van der Waals surface area contributed by atoms with Crippen molar-refractivity contribution in [1.82, 2.24) is 0 Å². The summed E-state index contributed by atoms with van der Waals surface area (Å²) in [6, 6.07) is 0. The molecule has 0 aromatic heterocycles. The third-order valence-electron chi connectivity index (χ3n) is 7.16. The topological polar surface area (TPSA) is 0 Å². The van der Waals surface area contributed by atoms with E-state index < -0.39 is 0 Å². The van der Waals surface area contributed by atoms with Gasteiger partial charge in [-0.1, -0.05) is 67.5 Å². The Bertz CT molecular complexity index is 355. The van der Waals surface area contributed by atoms with Gasteiger partial charge in [0.1, 0.15) is 0 Å². The minimum Gasteiger partial charge on any atom is -0.0999 e. The van der Waals surface area contributed by atoms with Crippen molar-refractivity contribution in [3.05, 3.63) is 12.2 Å². The van der Waals surface area contributed by atoms with Crippen LogP contribution in [0.3, 0.4) is 0 Å². The van der Waals surface area contributed by atoms with Gasteiger partial charge in [0.2, 0.25) is 0 Å². The SMILES string of the molecule is C.C.C.C=C(C)C1CCC2C(CC3(C)CCCCC23)C1CC. The van der Waals surface area contributed by atoms with E-state index in [0.29, 0.717) is 5.41 Å². The van der Waals surface area contributed by atoms with Crippen molar-refractivity contribution in [1.29, 1.82) is 0 Å². The molecule has 0 nitrogen and oxygen atoms in total. The molecule has 0 saturated heterocycles. The molecular weight excluding hydrogens is 264 g/mol. The summed E-state index contributed by atoms with van der Waals surface area (Å²) in [5.74, 6) is 4.92. The molecule has 3 fully saturated rings. The third kappa shape index (κ3) is 3.31. The van der Waals surface area contributed by atoms with Crippen LogP contribution in [0.1, 0.15) is 94.4 Å². The summed E-state index contributed by atoms with van der Waals surface area (Å²) < 4.78 is 0. The summed E-state index contributed by atoms with van der Waals surface area (Å²) in [6.07, 6.45) is 11.9. The number of rotatable bonds is 2. The van der Waals surface area contributed by atoms with Crippen LogP contribution in [-0.4, -0.2) is 0 Å². The van der Waals surface area contributed by atoms with Crippen LogP contribution >= 0.6 is 0 Å². The van der Waals surface area contributed by atoms with Crippen molar-refractivity contribution in [2.45, 2.75) is 94.4 Å². The number of fused-ring (bicyclic) bond motifs is 3. The van der Waals surface area contributed by atoms with Crippen molar-refractivity contribution >= 4 is 0 Å². The molecule has 3 aliphatic carbocycles. The summed E-state index contributed by atoms with van der Waals surface area (Å²) in [5, 5.41) is 0. The van der Waals surface area contributed by atoms with E-state index in [-0.39, 0.29) is 22.3 Å². The van der Waals surface area contributed by atoms with E-state index in [1.807, 2.05) is 0 Å². The molecule has 0 heteroatoms. The second kappa shape index (κ2) is 8.02. The molecule has 0 radical (unpaired) electrons. The predicted octanol–water partition coefficient (Wildman–Crippen LogP) is 7.74. The van der Waals surface area contributed by atoms with Crippen LogP contribution in [0.2, 0.25) is 0 Å². The fourth-order valence-corrected chi connectivity index (χ4v) is 6.37. The van der Waals surface area contributed by atoms with Crippen LogP contribution in [-0.2, 0) is 0 Å². The Labute approximate surface area is 142 Å². The Morgan fingerprint density at radius 1 is 1.05 bits per heavy atom. The number of allylic oxidation sites excluding steroid dienone is 1. The van der Waals surface area contributed by atoms with Gasteiger partial charge < -0.3 is 0 Å². The highest BCUT2D eigenvalue weighted by atomic mass is 14.6. The Balaban J connectivity index is 0.00000147. The lowest BCUT2D eigenvalue weighted by Crippen LogP contribution is -2.34. The van der Waals surface area contributed by atoms with Crippen LogP contribution in [0.25, 0.3) is 0 Å². The Kier molecular flexibility index (Phi) is 7.93. The first-order valence-electron chi connectivity index (χ1n) is 8.72. The molecule has 132 valence electrons. The number of hydrogen-bond donors (Lipinski definition) is 0. The van der Waals surface area contributed by atoms with Crippen LogP contribution < -0.4 is 0 Å². The van der Waals surface area contributed by atoms with Crippen molar-refractivity contribution in [3.63, 3.8) is 0 Å². The predicted molar refractivity (Wildman–Crippen MR) is 103 cm³/mol. The van der Waals surface area contributed by atoms with E-state index in [2.05, 4.69) is 27.4 Å². The molecule has 0 aromatic rings. The maximum atomic E-state index is 4.30. The lowest BCUT2D eigenvalue weighted by Gasteiger charge is -2.43. The van der Waals surface area contributed by atoms with Gasteiger partial charge in [0.05, 0.1) is 0 Å². The maximum Gasteiger partial charge on any atom is -0.0178 e. The van der Waals surface area contributed by atoms with E-state index in [9.17, 15) is 0 Å². The van der Waals surface area contributed by atoms with E-state index in [1.54, 1.807) is 0 Å². The Morgan fingerprint density at radius 3 is 2.32 bits per heavy atom. The average molecular weight is 309 g/mol. The van der Waals surface area contributed by atoms with Gasteiger partial charge in [-0.25, -0.2) is 0 Å². The highest BCUT2D eigenvalue weighted by Gasteiger charge is 2.55. The first-order valence-corrected chi connectivity index (χ1v) is 8.72. The zero-order chi connectivity index (χ0) is 13.6. The van der Waals surface area contributed by atoms with Gasteiger partial charge in [0, 0.05) is 0 Å². The molecule has 0 amide bonds. The van der Waals surface area contributed by atoms with Gasteiger partial charge in [0.15, 0.2) is 0 Å². The highest BCUT2D eigenvalue weighted by Crippen LogP contribution is 2.63. The van der Waals surface area contributed by atoms with Crippen molar-refractivity contribution in [2.24, 2.45) is 35.0 Å². The molecular formula is C22H44. The zero-order valence-corrected chi connectivity index (χ0v) is 13.3. The van der Waals surface area contributed by atoms with E-state index in [0.717, 1.165) is 29.6 Å². The van der Waals surface area contributed by atoms with Crippen LogP contribution in [0.15, 0.2) is 12.2 Å². The molecule has 0 aromatic carbocycles. The smallest absolute Gasteiger partial charge is 0.0178 e. The van der Waals surface area contributed by atoms with E-state index in [4.69, 9.17) is 0 Å². The molecule has 0 spiro atoms. The standard InChI is InChI=1S/C19H32.3CH4/c1-5-14-15(13(2)3)9-10-16-17(14)12-19(4)11-7-6-8-18(16)19;;;/h14-18H,2,5-12H2,1,3-4H3;3*1H4. The summed E-state index contributed by atoms with van der Waals surface area (Å²) in [4.78, 5) is 0. The van der Waals surface area contributed by atoms with Gasteiger partial charge >= 0.3 is 0 Å². The van der Waals surface area contributed by atoms with Crippen LogP contribution in [0.5, 0.6) is 0 Å². The van der Waals surface area contributed by atoms with Crippen molar-refractivity contribution in [2.75, 3.05) is 0 Å². The first kappa shape index (κ1) is 21.7. The monoisotopic (exact) mass is 308 g/mol. The third-order valence-corrected chi connectivity index (χ3v) is 7.16. The van der Waals surface area contributed by atoms with Crippen molar-refractivity contribution in [3.8, 4) is 0 Å². The van der Waals surface area contributed by atoms with Gasteiger partial charge in [-0.05, 0) is 74.0 Å². The van der Waals surface area contributed by atoms with Gasteiger partial charge in [-0.2, -0.15) is 0 Å². The quantitative estimate of drug-likeness (QED) is 0.458.